The summed E-state index contributed by atoms with van der Waals surface area (Å²) in [7, 11) is 0. The summed E-state index contributed by atoms with van der Waals surface area (Å²) < 4.78 is 6.80. The average molecular weight is 305 g/mol. The molecule has 78 valence electrons. The van der Waals surface area contributed by atoms with Crippen LogP contribution in [0, 0.1) is 3.57 Å². The molecule has 14 heavy (non-hydrogen) atoms. The van der Waals surface area contributed by atoms with E-state index in [0.717, 1.165) is 31.9 Å². The average Bonchev–Trinajstić information content (AvgIpc) is 2.18. The van der Waals surface area contributed by atoms with Gasteiger partial charge in [-0.15, -0.1) is 0 Å². The maximum absolute atomic E-state index is 5.59. The van der Waals surface area contributed by atoms with Crippen molar-refractivity contribution in [3.05, 3.63) is 27.8 Å². The molecule has 0 unspecified atom stereocenters. The van der Waals surface area contributed by atoms with Crippen molar-refractivity contribution in [3.8, 4) is 5.75 Å². The topological polar surface area (TPSA) is 21.3 Å². The van der Waals surface area contributed by atoms with Gasteiger partial charge in [0.2, 0.25) is 0 Å². The van der Waals surface area contributed by atoms with E-state index in [1.54, 1.807) is 0 Å². The fourth-order valence-electron chi connectivity index (χ4n) is 1.12. The molecule has 0 spiro atoms. The molecule has 0 atom stereocenters. The van der Waals surface area contributed by atoms with Gasteiger partial charge in [-0.05, 0) is 60.3 Å². The molecular formula is C11H16INO. The number of halogens is 1. The van der Waals surface area contributed by atoms with Gasteiger partial charge < -0.3 is 10.1 Å². The van der Waals surface area contributed by atoms with E-state index in [1.165, 1.54) is 3.57 Å². The number of hydrogen-bond donors (Lipinski definition) is 1. The second kappa shape index (κ2) is 7.06. The quantitative estimate of drug-likeness (QED) is 0.644. The summed E-state index contributed by atoms with van der Waals surface area (Å²) in [5.74, 6) is 0.966. The van der Waals surface area contributed by atoms with E-state index in [4.69, 9.17) is 4.74 Å². The van der Waals surface area contributed by atoms with Gasteiger partial charge in [-0.25, -0.2) is 0 Å². The minimum absolute atomic E-state index is 0.785. The van der Waals surface area contributed by atoms with E-state index in [1.807, 2.05) is 18.2 Å². The van der Waals surface area contributed by atoms with Crippen LogP contribution in [0.25, 0.3) is 0 Å². The smallest absolute Gasteiger partial charge is 0.120 e. The Bertz CT molecular complexity index is 265. The van der Waals surface area contributed by atoms with E-state index in [0.29, 0.717) is 0 Å². The Hall–Kier alpha value is -0.290. The van der Waals surface area contributed by atoms with Crippen LogP contribution in [0.15, 0.2) is 24.3 Å². The third-order valence-corrected chi connectivity index (χ3v) is 2.48. The van der Waals surface area contributed by atoms with Crippen LogP contribution < -0.4 is 10.1 Å². The second-order valence-electron chi connectivity index (χ2n) is 3.01. The lowest BCUT2D eigenvalue weighted by molar-refractivity contribution is 0.308. The molecule has 0 fully saturated rings. The number of rotatable bonds is 6. The highest BCUT2D eigenvalue weighted by Gasteiger charge is 1.93. The molecule has 1 rings (SSSR count). The fourth-order valence-corrected chi connectivity index (χ4v) is 1.64. The summed E-state index contributed by atoms with van der Waals surface area (Å²) in [6.45, 7) is 4.96. The molecule has 0 aliphatic carbocycles. The molecule has 0 aliphatic rings. The minimum atomic E-state index is 0.785. The van der Waals surface area contributed by atoms with Crippen molar-refractivity contribution < 1.29 is 4.74 Å². The first kappa shape index (κ1) is 11.8. The third kappa shape index (κ3) is 4.81. The molecule has 0 aromatic heterocycles. The van der Waals surface area contributed by atoms with Crippen molar-refractivity contribution in [1.82, 2.24) is 5.32 Å². The molecule has 0 radical (unpaired) electrons. The predicted octanol–water partition coefficient (Wildman–Crippen LogP) is 2.67. The van der Waals surface area contributed by atoms with E-state index in [9.17, 15) is 0 Å². The first-order valence-electron chi connectivity index (χ1n) is 4.92. The Morgan fingerprint density at radius 3 is 3.00 bits per heavy atom. The van der Waals surface area contributed by atoms with E-state index in [-0.39, 0.29) is 0 Å². The van der Waals surface area contributed by atoms with Crippen LogP contribution in [-0.2, 0) is 0 Å². The minimum Gasteiger partial charge on any atom is -0.494 e. The standard InChI is InChI=1S/C11H16INO/c1-2-13-7-4-8-14-11-6-3-5-10(12)9-11/h3,5-6,9,13H,2,4,7-8H2,1H3. The Balaban J connectivity index is 2.18. The number of ether oxygens (including phenoxy) is 1. The molecule has 0 saturated heterocycles. The maximum atomic E-state index is 5.59. The lowest BCUT2D eigenvalue weighted by Crippen LogP contribution is -2.16. The molecule has 0 amide bonds. The zero-order valence-corrected chi connectivity index (χ0v) is 10.6. The summed E-state index contributed by atoms with van der Waals surface area (Å²) in [4.78, 5) is 0. The largest absolute Gasteiger partial charge is 0.494 e. The van der Waals surface area contributed by atoms with Gasteiger partial charge >= 0.3 is 0 Å². The van der Waals surface area contributed by atoms with Gasteiger partial charge in [-0.2, -0.15) is 0 Å². The lowest BCUT2D eigenvalue weighted by atomic mass is 10.3. The highest BCUT2D eigenvalue weighted by Crippen LogP contribution is 2.14. The Morgan fingerprint density at radius 2 is 2.29 bits per heavy atom. The van der Waals surface area contributed by atoms with Crippen LogP contribution >= 0.6 is 22.6 Å². The van der Waals surface area contributed by atoms with Crippen LogP contribution in [0.3, 0.4) is 0 Å². The van der Waals surface area contributed by atoms with Crippen molar-refractivity contribution in [1.29, 1.82) is 0 Å². The summed E-state index contributed by atoms with van der Waals surface area (Å²) in [6.07, 6.45) is 1.05. The van der Waals surface area contributed by atoms with Gasteiger partial charge in [0.25, 0.3) is 0 Å². The molecule has 0 aliphatic heterocycles. The van der Waals surface area contributed by atoms with E-state index in [2.05, 4.69) is 40.9 Å². The first-order chi connectivity index (χ1) is 6.83. The van der Waals surface area contributed by atoms with Crippen molar-refractivity contribution >= 4 is 22.6 Å². The predicted molar refractivity (Wildman–Crippen MR) is 67.8 cm³/mol. The van der Waals surface area contributed by atoms with E-state index >= 15 is 0 Å². The molecular weight excluding hydrogens is 289 g/mol. The molecule has 1 aromatic carbocycles. The lowest BCUT2D eigenvalue weighted by Gasteiger charge is -2.06. The summed E-state index contributed by atoms with van der Waals surface area (Å²) in [6, 6.07) is 8.12. The SMILES string of the molecule is CCNCCCOc1cccc(I)c1. The zero-order valence-electron chi connectivity index (χ0n) is 8.42. The molecule has 3 heteroatoms. The fraction of sp³-hybridized carbons (Fsp3) is 0.455. The third-order valence-electron chi connectivity index (χ3n) is 1.81. The molecule has 0 saturated carbocycles. The van der Waals surface area contributed by atoms with Gasteiger partial charge in [-0.1, -0.05) is 13.0 Å². The molecule has 0 bridgehead atoms. The molecule has 1 N–H and O–H groups in total. The van der Waals surface area contributed by atoms with Gasteiger partial charge in [0.05, 0.1) is 6.61 Å². The zero-order chi connectivity index (χ0) is 10.2. The molecule has 2 nitrogen and oxygen atoms in total. The summed E-state index contributed by atoms with van der Waals surface area (Å²) in [5.41, 5.74) is 0. The summed E-state index contributed by atoms with van der Waals surface area (Å²) >= 11 is 2.29. The highest BCUT2D eigenvalue weighted by atomic mass is 127. The van der Waals surface area contributed by atoms with Gasteiger partial charge in [0, 0.05) is 3.57 Å². The Morgan fingerprint density at radius 1 is 1.43 bits per heavy atom. The Labute approximate surface area is 99.2 Å². The maximum Gasteiger partial charge on any atom is 0.120 e. The van der Waals surface area contributed by atoms with E-state index < -0.39 is 0 Å². The van der Waals surface area contributed by atoms with Crippen LogP contribution in [0.4, 0.5) is 0 Å². The highest BCUT2D eigenvalue weighted by molar-refractivity contribution is 14.1. The van der Waals surface area contributed by atoms with Crippen molar-refractivity contribution in [2.75, 3.05) is 19.7 Å². The van der Waals surface area contributed by atoms with Crippen molar-refractivity contribution in [2.24, 2.45) is 0 Å². The monoisotopic (exact) mass is 305 g/mol. The molecule has 1 aromatic rings. The van der Waals surface area contributed by atoms with Gasteiger partial charge in [0.15, 0.2) is 0 Å². The van der Waals surface area contributed by atoms with Crippen molar-refractivity contribution in [2.45, 2.75) is 13.3 Å². The second-order valence-corrected chi connectivity index (χ2v) is 4.26. The van der Waals surface area contributed by atoms with Gasteiger partial charge in [-0.3, -0.25) is 0 Å². The van der Waals surface area contributed by atoms with Crippen molar-refractivity contribution in [3.63, 3.8) is 0 Å². The summed E-state index contributed by atoms with van der Waals surface area (Å²) in [5, 5.41) is 3.26. The first-order valence-corrected chi connectivity index (χ1v) is 6.00. The van der Waals surface area contributed by atoms with Gasteiger partial charge in [0.1, 0.15) is 5.75 Å². The van der Waals surface area contributed by atoms with Crippen LogP contribution in [-0.4, -0.2) is 19.7 Å². The van der Waals surface area contributed by atoms with Crippen LogP contribution in [0.2, 0.25) is 0 Å². The number of nitrogens with one attached hydrogen (secondary N) is 1. The Kier molecular flexibility index (Phi) is 5.94. The number of hydrogen-bond acceptors (Lipinski definition) is 2. The number of benzene rings is 1. The van der Waals surface area contributed by atoms with Crippen LogP contribution in [0.5, 0.6) is 5.75 Å². The normalized spacial score (nSPS) is 10.1. The molecule has 0 heterocycles. The van der Waals surface area contributed by atoms with Crippen LogP contribution in [0.1, 0.15) is 13.3 Å².